The van der Waals surface area contributed by atoms with Crippen molar-refractivity contribution in [3.63, 3.8) is 0 Å². The number of imidazole rings is 1. The van der Waals surface area contributed by atoms with Gasteiger partial charge in [0.25, 0.3) is 0 Å². The zero-order valence-corrected chi connectivity index (χ0v) is 14.6. The third-order valence-corrected chi connectivity index (χ3v) is 4.12. The maximum atomic E-state index is 10.4. The van der Waals surface area contributed by atoms with Gasteiger partial charge in [-0.15, -0.1) is 0 Å². The summed E-state index contributed by atoms with van der Waals surface area (Å²) in [5, 5.41) is 32.7. The van der Waals surface area contributed by atoms with Gasteiger partial charge in [-0.05, 0) is 35.8 Å². The second-order valence-corrected chi connectivity index (χ2v) is 6.66. The van der Waals surface area contributed by atoms with E-state index in [1.54, 1.807) is 17.8 Å². The first kappa shape index (κ1) is 17.2. The summed E-state index contributed by atoms with van der Waals surface area (Å²) in [6, 6.07) is 5.64. The van der Waals surface area contributed by atoms with Crippen molar-refractivity contribution >= 4 is 18.2 Å². The van der Waals surface area contributed by atoms with Crippen LogP contribution in [0.25, 0.3) is 6.08 Å². The number of hydrogen-bond donors (Lipinski definition) is 3. The third-order valence-electron chi connectivity index (χ3n) is 4.12. The summed E-state index contributed by atoms with van der Waals surface area (Å²) in [6.45, 7) is 4.21. The zero-order valence-electron chi connectivity index (χ0n) is 14.6. The molecule has 0 amide bonds. The number of aliphatic hydroxyl groups excluding tert-OH is 1. The predicted octanol–water partition coefficient (Wildman–Crippen LogP) is 0.740. The summed E-state index contributed by atoms with van der Waals surface area (Å²) in [6.07, 6.45) is 4.33. The lowest BCUT2D eigenvalue weighted by molar-refractivity contribution is 0.258. The SMILES string of the molecule is CC(C)CC(CO)Nc1nc(C=c2ccc3c(c2)C=NN=3)c(O)n1C. The fourth-order valence-electron chi connectivity index (χ4n) is 2.84. The molecule has 7 heteroatoms. The van der Waals surface area contributed by atoms with Crippen molar-refractivity contribution in [2.24, 2.45) is 23.2 Å². The summed E-state index contributed by atoms with van der Waals surface area (Å²) in [7, 11) is 1.74. The standard InChI is InChI=1S/C18H23N5O2/c1-11(2)6-14(10-24)20-18-21-16(17(25)23(18)3)8-12-4-5-15-13(7-12)9-19-22-15/h4-5,7-9,11,14,24-25H,6,10H2,1-3H3,(H,20,21). The third kappa shape index (κ3) is 3.71. The first-order valence-electron chi connectivity index (χ1n) is 8.34. The van der Waals surface area contributed by atoms with Crippen LogP contribution in [0.5, 0.6) is 5.88 Å². The van der Waals surface area contributed by atoms with E-state index in [0.29, 0.717) is 17.6 Å². The largest absolute Gasteiger partial charge is 0.493 e. The second kappa shape index (κ2) is 7.06. The van der Waals surface area contributed by atoms with Gasteiger partial charge in [0, 0.05) is 12.6 Å². The van der Waals surface area contributed by atoms with Crippen LogP contribution >= 0.6 is 0 Å². The Hall–Kier alpha value is -2.67. The first-order valence-corrected chi connectivity index (χ1v) is 8.34. The minimum Gasteiger partial charge on any atom is -0.493 e. The Morgan fingerprint density at radius 3 is 2.84 bits per heavy atom. The molecule has 0 aliphatic carbocycles. The van der Waals surface area contributed by atoms with Gasteiger partial charge in [-0.3, -0.25) is 4.57 Å². The molecule has 2 aromatic rings. The van der Waals surface area contributed by atoms with Crippen LogP contribution in [-0.2, 0) is 7.05 Å². The molecule has 0 bridgehead atoms. The van der Waals surface area contributed by atoms with Crippen molar-refractivity contribution in [3.8, 4) is 5.88 Å². The van der Waals surface area contributed by atoms with E-state index in [9.17, 15) is 10.2 Å². The first-order chi connectivity index (χ1) is 12.0. The molecule has 0 saturated carbocycles. The van der Waals surface area contributed by atoms with Crippen LogP contribution in [0, 0.1) is 5.92 Å². The van der Waals surface area contributed by atoms with Gasteiger partial charge >= 0.3 is 0 Å². The number of anilines is 1. The molecule has 1 atom stereocenters. The van der Waals surface area contributed by atoms with Crippen LogP contribution < -0.4 is 15.9 Å². The van der Waals surface area contributed by atoms with Crippen LogP contribution in [0.1, 0.15) is 31.5 Å². The van der Waals surface area contributed by atoms with Crippen LogP contribution in [0.15, 0.2) is 28.4 Å². The van der Waals surface area contributed by atoms with Gasteiger partial charge in [0.2, 0.25) is 11.8 Å². The van der Waals surface area contributed by atoms with Crippen molar-refractivity contribution in [2.75, 3.05) is 11.9 Å². The number of nitrogens with zero attached hydrogens (tertiary/aromatic N) is 4. The van der Waals surface area contributed by atoms with E-state index in [1.807, 2.05) is 24.3 Å². The van der Waals surface area contributed by atoms with E-state index >= 15 is 0 Å². The number of aromatic nitrogens is 2. The smallest absolute Gasteiger partial charge is 0.220 e. The molecule has 3 N–H and O–H groups in total. The zero-order chi connectivity index (χ0) is 18.0. The van der Waals surface area contributed by atoms with Crippen molar-refractivity contribution in [3.05, 3.63) is 40.0 Å². The highest BCUT2D eigenvalue weighted by Crippen LogP contribution is 2.22. The quantitative estimate of drug-likeness (QED) is 0.722. The Morgan fingerprint density at radius 1 is 1.32 bits per heavy atom. The molecule has 1 aromatic carbocycles. The second-order valence-electron chi connectivity index (χ2n) is 6.66. The topological polar surface area (TPSA) is 95.0 Å². The summed E-state index contributed by atoms with van der Waals surface area (Å²) in [4.78, 5) is 4.47. The molecule has 132 valence electrons. The molecule has 1 unspecified atom stereocenters. The Labute approximate surface area is 146 Å². The van der Waals surface area contributed by atoms with E-state index in [2.05, 4.69) is 34.4 Å². The minimum absolute atomic E-state index is 0.0124. The predicted molar refractivity (Wildman–Crippen MR) is 97.2 cm³/mol. The summed E-state index contributed by atoms with van der Waals surface area (Å²) < 4.78 is 1.58. The van der Waals surface area contributed by atoms with E-state index in [4.69, 9.17) is 0 Å². The highest BCUT2D eigenvalue weighted by Gasteiger charge is 2.16. The average Bonchev–Trinajstić information content (AvgIpc) is 3.14. The molecule has 2 heterocycles. The lowest BCUT2D eigenvalue weighted by Gasteiger charge is -2.18. The molecular formula is C18H23N5O2. The van der Waals surface area contributed by atoms with Gasteiger partial charge in [0.05, 0.1) is 24.2 Å². The Balaban J connectivity index is 1.90. The van der Waals surface area contributed by atoms with Crippen molar-refractivity contribution in [2.45, 2.75) is 26.3 Å². The van der Waals surface area contributed by atoms with E-state index in [-0.39, 0.29) is 18.5 Å². The fraction of sp³-hybridized carbons (Fsp3) is 0.389. The summed E-state index contributed by atoms with van der Waals surface area (Å²) in [5.74, 6) is 1.05. The van der Waals surface area contributed by atoms with Gasteiger partial charge in [-0.2, -0.15) is 10.2 Å². The Morgan fingerprint density at radius 2 is 2.12 bits per heavy atom. The lowest BCUT2D eigenvalue weighted by atomic mass is 10.0. The van der Waals surface area contributed by atoms with Crippen molar-refractivity contribution in [1.82, 2.24) is 9.55 Å². The number of rotatable bonds is 6. The van der Waals surface area contributed by atoms with Crippen LogP contribution in [-0.4, -0.2) is 38.6 Å². The molecule has 1 aliphatic heterocycles. The molecule has 0 fully saturated rings. The van der Waals surface area contributed by atoms with Crippen LogP contribution in [0.3, 0.4) is 0 Å². The maximum Gasteiger partial charge on any atom is 0.220 e. The molecule has 0 radical (unpaired) electrons. The normalized spacial score (nSPS) is 14.7. The number of aliphatic hydroxyl groups is 1. The number of hydrogen-bond acceptors (Lipinski definition) is 6. The monoisotopic (exact) mass is 341 g/mol. The number of aromatic hydroxyl groups is 1. The molecule has 7 nitrogen and oxygen atoms in total. The van der Waals surface area contributed by atoms with E-state index in [0.717, 1.165) is 22.6 Å². The van der Waals surface area contributed by atoms with E-state index in [1.165, 1.54) is 0 Å². The van der Waals surface area contributed by atoms with Crippen LogP contribution in [0.2, 0.25) is 0 Å². The van der Waals surface area contributed by atoms with Gasteiger partial charge in [-0.1, -0.05) is 19.9 Å². The highest BCUT2D eigenvalue weighted by atomic mass is 16.3. The van der Waals surface area contributed by atoms with Crippen molar-refractivity contribution in [1.29, 1.82) is 0 Å². The molecular weight excluding hydrogens is 318 g/mol. The Kier molecular flexibility index (Phi) is 4.85. The molecule has 25 heavy (non-hydrogen) atoms. The Bertz CT molecular complexity index is 914. The number of fused-ring (bicyclic) bond motifs is 1. The number of benzene rings is 1. The number of nitrogens with one attached hydrogen (secondary N) is 1. The maximum absolute atomic E-state index is 10.4. The average molecular weight is 341 g/mol. The van der Waals surface area contributed by atoms with Gasteiger partial charge in [-0.25, -0.2) is 4.98 Å². The van der Waals surface area contributed by atoms with Gasteiger partial charge < -0.3 is 15.5 Å². The molecule has 1 aromatic heterocycles. The highest BCUT2D eigenvalue weighted by molar-refractivity contribution is 5.80. The van der Waals surface area contributed by atoms with Crippen molar-refractivity contribution < 1.29 is 10.2 Å². The van der Waals surface area contributed by atoms with Gasteiger partial charge in [0.15, 0.2) is 0 Å². The summed E-state index contributed by atoms with van der Waals surface area (Å²) >= 11 is 0. The van der Waals surface area contributed by atoms with Crippen LogP contribution in [0.4, 0.5) is 5.95 Å². The molecule has 3 rings (SSSR count). The minimum atomic E-state index is -0.105. The fourth-order valence-corrected chi connectivity index (χ4v) is 2.84. The lowest BCUT2D eigenvalue weighted by Crippen LogP contribution is -2.27. The molecule has 1 aliphatic rings. The van der Waals surface area contributed by atoms with E-state index < -0.39 is 0 Å². The molecule has 0 saturated heterocycles. The molecule has 0 spiro atoms. The van der Waals surface area contributed by atoms with Gasteiger partial charge in [0.1, 0.15) is 5.69 Å². The summed E-state index contributed by atoms with van der Waals surface area (Å²) in [5.41, 5.74) is 1.41.